The number of aromatic nitrogens is 3. The van der Waals surface area contributed by atoms with Crippen LogP contribution in [0, 0.1) is 5.41 Å². The molecule has 0 aliphatic rings. The molecule has 0 fully saturated rings. The summed E-state index contributed by atoms with van der Waals surface area (Å²) in [6.45, 7) is 1.47. The summed E-state index contributed by atoms with van der Waals surface area (Å²) in [5, 5.41) is 12.6. The maximum atomic E-state index is 13.1. The number of carbonyl (C=O) groups is 1. The summed E-state index contributed by atoms with van der Waals surface area (Å²) in [6, 6.07) is 11.5. The number of nitrogens with one attached hydrogen (secondary N) is 1. The molecular formula is C22H20ClF3N4O2S. The molecule has 3 rings (SSSR count). The van der Waals surface area contributed by atoms with E-state index in [1.807, 2.05) is 18.4 Å². The van der Waals surface area contributed by atoms with Gasteiger partial charge < -0.3 is 10.4 Å². The highest BCUT2D eigenvalue weighted by atomic mass is 35.5. The maximum absolute atomic E-state index is 13.1. The lowest BCUT2D eigenvalue weighted by Gasteiger charge is -2.26. The minimum atomic E-state index is -4.69. The Morgan fingerprint density at radius 1 is 1.06 bits per heavy atom. The average molecular weight is 497 g/mol. The number of rotatable bonds is 6. The largest absolute Gasteiger partial charge is 0.479 e. The van der Waals surface area contributed by atoms with Gasteiger partial charge in [-0.05, 0) is 49.9 Å². The molecule has 0 radical (unpaired) electrons. The summed E-state index contributed by atoms with van der Waals surface area (Å²) in [6.07, 6.45) is -2.74. The molecule has 0 saturated carbocycles. The van der Waals surface area contributed by atoms with Gasteiger partial charge >= 0.3 is 12.2 Å². The fourth-order valence-corrected chi connectivity index (χ4v) is 3.35. The molecule has 1 aromatic heterocycles. The molecule has 0 saturated heterocycles. The van der Waals surface area contributed by atoms with Gasteiger partial charge in [-0.1, -0.05) is 29.8 Å². The number of alkyl halides is 3. The molecule has 0 bridgehead atoms. The Balaban J connectivity index is 1.89. The van der Waals surface area contributed by atoms with E-state index in [4.69, 9.17) is 11.6 Å². The minimum absolute atomic E-state index is 0.0836. The van der Waals surface area contributed by atoms with Gasteiger partial charge in [0, 0.05) is 22.6 Å². The van der Waals surface area contributed by atoms with Crippen LogP contribution in [-0.4, -0.2) is 38.4 Å². The predicted molar refractivity (Wildman–Crippen MR) is 121 cm³/mol. The molecule has 174 valence electrons. The predicted octanol–water partition coefficient (Wildman–Crippen LogP) is 5.49. The molecule has 2 aromatic carbocycles. The molecule has 1 heterocycles. The third-order valence-corrected chi connectivity index (χ3v) is 6.05. The highest BCUT2D eigenvalue weighted by Gasteiger charge is 2.52. The normalized spacial score (nSPS) is 12.0. The van der Waals surface area contributed by atoms with Crippen molar-refractivity contribution >= 4 is 29.3 Å². The van der Waals surface area contributed by atoms with E-state index in [-0.39, 0.29) is 23.2 Å². The fraction of sp³-hybridized carbons (Fsp3) is 0.273. The lowest BCUT2D eigenvalue weighted by Crippen LogP contribution is -2.46. The fourth-order valence-electron chi connectivity index (χ4n) is 2.74. The summed E-state index contributed by atoms with van der Waals surface area (Å²) in [5.74, 6) is -0.840. The molecule has 1 amide bonds. The summed E-state index contributed by atoms with van der Waals surface area (Å²) in [4.78, 5) is 25.4. The molecule has 0 aliphatic carbocycles. The van der Waals surface area contributed by atoms with Crippen molar-refractivity contribution in [3.63, 3.8) is 0 Å². The number of carbonyl (C=O) groups excluding carboxylic acids is 1. The molecule has 0 atom stereocenters. The van der Waals surface area contributed by atoms with Crippen molar-refractivity contribution in [3.05, 3.63) is 53.1 Å². The van der Waals surface area contributed by atoms with E-state index in [1.54, 1.807) is 36.0 Å². The van der Waals surface area contributed by atoms with Crippen molar-refractivity contribution in [1.29, 1.82) is 0 Å². The first-order valence-corrected chi connectivity index (χ1v) is 11.3. The summed E-state index contributed by atoms with van der Waals surface area (Å²) in [7, 11) is 0. The van der Waals surface area contributed by atoms with Crippen molar-refractivity contribution < 1.29 is 23.1 Å². The van der Waals surface area contributed by atoms with E-state index in [0.29, 0.717) is 16.7 Å². The molecule has 0 unspecified atom stereocenters. The Kier molecular flexibility index (Phi) is 7.18. The van der Waals surface area contributed by atoms with Gasteiger partial charge in [-0.15, -0.1) is 11.8 Å². The zero-order chi connectivity index (χ0) is 24.4. The zero-order valence-electron chi connectivity index (χ0n) is 17.9. The minimum Gasteiger partial charge on any atom is -0.479 e. The third kappa shape index (κ3) is 5.56. The van der Waals surface area contributed by atoms with E-state index >= 15 is 0 Å². The number of hydrogen-bond acceptors (Lipinski definition) is 6. The number of nitrogens with zero attached hydrogens (tertiary/aromatic N) is 3. The van der Waals surface area contributed by atoms with Crippen molar-refractivity contribution in [1.82, 2.24) is 20.3 Å². The first-order chi connectivity index (χ1) is 15.4. The summed E-state index contributed by atoms with van der Waals surface area (Å²) >= 11 is 7.87. The van der Waals surface area contributed by atoms with Gasteiger partial charge in [0.1, 0.15) is 5.41 Å². The Morgan fingerprint density at radius 3 is 2.30 bits per heavy atom. The lowest BCUT2D eigenvalue weighted by molar-refractivity contribution is -0.211. The number of benzene rings is 2. The quantitative estimate of drug-likeness (QED) is 0.439. The molecule has 0 spiro atoms. The second-order valence-corrected chi connectivity index (χ2v) is 8.92. The van der Waals surface area contributed by atoms with Crippen LogP contribution in [0.4, 0.5) is 13.2 Å². The molecule has 6 nitrogen and oxygen atoms in total. The summed E-state index contributed by atoms with van der Waals surface area (Å²) in [5.41, 5.74) is -1.08. The van der Waals surface area contributed by atoms with Gasteiger partial charge in [-0.3, -0.25) is 4.79 Å². The van der Waals surface area contributed by atoms with Crippen LogP contribution in [-0.2, 0) is 11.3 Å². The van der Waals surface area contributed by atoms with Crippen LogP contribution in [0.1, 0.15) is 19.4 Å². The standard InChI is InChI=1S/C22H20ClF3N4O2S/c1-21(2,22(24,25)26)19(31)27-11-12-4-9-16(23)15(10-12)18-28-17(29-20(32)30-18)13-5-7-14(33-3)8-6-13/h4-10H,11H2,1-3H3,(H,27,31)(H,28,29,30,32). The first kappa shape index (κ1) is 24.8. The number of hydrogen-bond donors (Lipinski definition) is 2. The molecule has 11 heteroatoms. The topological polar surface area (TPSA) is 88.0 Å². The van der Waals surface area contributed by atoms with Crippen LogP contribution in [0.5, 0.6) is 6.01 Å². The van der Waals surface area contributed by atoms with E-state index in [2.05, 4.69) is 20.3 Å². The van der Waals surface area contributed by atoms with Gasteiger partial charge in [-0.2, -0.15) is 23.1 Å². The van der Waals surface area contributed by atoms with Crippen molar-refractivity contribution in [2.75, 3.05) is 6.26 Å². The van der Waals surface area contributed by atoms with Crippen LogP contribution < -0.4 is 5.32 Å². The maximum Gasteiger partial charge on any atom is 0.402 e. The Labute approximate surface area is 197 Å². The summed E-state index contributed by atoms with van der Waals surface area (Å²) < 4.78 is 39.2. The zero-order valence-corrected chi connectivity index (χ0v) is 19.4. The van der Waals surface area contributed by atoms with Crippen molar-refractivity contribution in [2.24, 2.45) is 5.41 Å². The van der Waals surface area contributed by atoms with E-state index in [0.717, 1.165) is 18.7 Å². The van der Waals surface area contributed by atoms with Crippen molar-refractivity contribution in [3.8, 4) is 28.8 Å². The van der Waals surface area contributed by atoms with Crippen LogP contribution >= 0.6 is 23.4 Å². The van der Waals surface area contributed by atoms with Gasteiger partial charge in [-0.25, -0.2) is 4.98 Å². The van der Waals surface area contributed by atoms with Crippen LogP contribution in [0.25, 0.3) is 22.8 Å². The number of aromatic hydroxyl groups is 1. The van der Waals surface area contributed by atoms with E-state index in [9.17, 15) is 23.1 Å². The van der Waals surface area contributed by atoms with Crippen LogP contribution in [0.3, 0.4) is 0 Å². The highest BCUT2D eigenvalue weighted by Crippen LogP contribution is 2.37. The molecule has 2 N–H and O–H groups in total. The Morgan fingerprint density at radius 2 is 1.70 bits per heavy atom. The molecule has 33 heavy (non-hydrogen) atoms. The van der Waals surface area contributed by atoms with Gasteiger partial charge in [0.2, 0.25) is 5.91 Å². The average Bonchev–Trinajstić information content (AvgIpc) is 2.77. The van der Waals surface area contributed by atoms with Crippen LogP contribution in [0.2, 0.25) is 5.02 Å². The number of amides is 1. The van der Waals surface area contributed by atoms with E-state index in [1.165, 1.54) is 6.07 Å². The Hall–Kier alpha value is -2.85. The first-order valence-electron chi connectivity index (χ1n) is 9.65. The third-order valence-electron chi connectivity index (χ3n) is 4.97. The van der Waals surface area contributed by atoms with E-state index < -0.39 is 23.5 Å². The SMILES string of the molecule is CSc1ccc(-c2nc(O)nc(-c3cc(CNC(=O)C(C)(C)C(F)(F)F)ccc3Cl)n2)cc1. The smallest absolute Gasteiger partial charge is 0.402 e. The lowest BCUT2D eigenvalue weighted by atomic mass is 9.91. The monoisotopic (exact) mass is 496 g/mol. The van der Waals surface area contributed by atoms with Crippen molar-refractivity contribution in [2.45, 2.75) is 31.5 Å². The van der Waals surface area contributed by atoms with Gasteiger partial charge in [0.15, 0.2) is 11.6 Å². The highest BCUT2D eigenvalue weighted by molar-refractivity contribution is 7.98. The molecule has 3 aromatic rings. The van der Waals surface area contributed by atoms with Gasteiger partial charge in [0.25, 0.3) is 0 Å². The van der Waals surface area contributed by atoms with Crippen LogP contribution in [0.15, 0.2) is 47.4 Å². The second kappa shape index (κ2) is 9.56. The van der Waals surface area contributed by atoms with Gasteiger partial charge in [0.05, 0.1) is 5.02 Å². The molecular weight excluding hydrogens is 477 g/mol. The second-order valence-electron chi connectivity index (χ2n) is 7.63. The Bertz CT molecular complexity index is 1170. The molecule has 0 aliphatic heterocycles. The number of halogens is 4. The number of thioether (sulfide) groups is 1.